The summed E-state index contributed by atoms with van der Waals surface area (Å²) in [7, 11) is 0. The Hall–Kier alpha value is -2.96. The molecule has 2 N–H and O–H groups in total. The van der Waals surface area contributed by atoms with Crippen molar-refractivity contribution in [3.8, 4) is 16.9 Å². The molecule has 30 heavy (non-hydrogen) atoms. The summed E-state index contributed by atoms with van der Waals surface area (Å²) in [6.07, 6.45) is 1.96. The number of hydrogen-bond donors (Lipinski definition) is 2. The highest BCUT2D eigenvalue weighted by Gasteiger charge is 2.14. The molecule has 150 valence electrons. The van der Waals surface area contributed by atoms with E-state index in [-0.39, 0.29) is 0 Å². The number of thiocarbonyl (C=S) groups is 1. The van der Waals surface area contributed by atoms with Gasteiger partial charge in [-0.2, -0.15) is 5.10 Å². The van der Waals surface area contributed by atoms with E-state index >= 15 is 0 Å². The van der Waals surface area contributed by atoms with Crippen molar-refractivity contribution >= 4 is 44.6 Å². The Labute approximate surface area is 190 Å². The monoisotopic (exact) mass is 476 g/mol. The van der Waals surface area contributed by atoms with Crippen molar-refractivity contribution in [3.63, 3.8) is 0 Å². The lowest BCUT2D eigenvalue weighted by Gasteiger charge is -2.13. The maximum Gasteiger partial charge on any atom is 0.175 e. The maximum atomic E-state index is 5.61. The average Bonchev–Trinajstić information content (AvgIpc) is 3.16. The van der Waals surface area contributed by atoms with Crippen LogP contribution >= 0.6 is 28.1 Å². The predicted molar refractivity (Wildman–Crippen MR) is 132 cm³/mol. The molecular weight excluding hydrogens is 456 g/mol. The van der Waals surface area contributed by atoms with Gasteiger partial charge in [0.25, 0.3) is 0 Å². The van der Waals surface area contributed by atoms with E-state index in [1.54, 1.807) is 0 Å². The summed E-state index contributed by atoms with van der Waals surface area (Å²) in [5.74, 6) is 0. The number of halogens is 1. The first-order chi connectivity index (χ1) is 14.5. The normalized spacial score (nSPS) is 10.6. The Balaban J connectivity index is 1.67. The van der Waals surface area contributed by atoms with Gasteiger partial charge in [0.1, 0.15) is 5.69 Å². The lowest BCUT2D eigenvalue weighted by molar-refractivity contribution is 0.884. The fourth-order valence-electron chi connectivity index (χ4n) is 3.16. The zero-order valence-corrected chi connectivity index (χ0v) is 19.1. The Bertz CT molecular complexity index is 1180. The molecule has 0 aliphatic carbocycles. The molecule has 0 spiro atoms. The van der Waals surface area contributed by atoms with Crippen molar-refractivity contribution in [1.82, 2.24) is 9.78 Å². The van der Waals surface area contributed by atoms with Crippen LogP contribution < -0.4 is 10.6 Å². The van der Waals surface area contributed by atoms with E-state index in [2.05, 4.69) is 46.5 Å². The second kappa shape index (κ2) is 8.81. The average molecular weight is 477 g/mol. The van der Waals surface area contributed by atoms with Gasteiger partial charge < -0.3 is 10.6 Å². The molecule has 0 aliphatic heterocycles. The highest BCUT2D eigenvalue weighted by atomic mass is 79.9. The van der Waals surface area contributed by atoms with Gasteiger partial charge in [-0.05, 0) is 67.5 Å². The summed E-state index contributed by atoms with van der Waals surface area (Å²) in [4.78, 5) is 0. The van der Waals surface area contributed by atoms with E-state index in [0.29, 0.717) is 5.11 Å². The molecule has 3 aromatic carbocycles. The van der Waals surface area contributed by atoms with E-state index in [4.69, 9.17) is 17.3 Å². The van der Waals surface area contributed by atoms with Crippen LogP contribution in [0, 0.1) is 13.8 Å². The molecule has 1 aromatic heterocycles. The number of rotatable bonds is 4. The number of hydrogen-bond acceptors (Lipinski definition) is 2. The molecule has 1 heterocycles. The molecule has 0 radical (unpaired) electrons. The highest BCUT2D eigenvalue weighted by Crippen LogP contribution is 2.29. The third-order valence-corrected chi connectivity index (χ3v) is 5.69. The van der Waals surface area contributed by atoms with Crippen LogP contribution in [0.1, 0.15) is 11.1 Å². The predicted octanol–water partition coefficient (Wildman–Crippen LogP) is 6.73. The standard InChI is InChI=1S/C24H21BrN4S/c1-16-7-6-10-21(17(16)2)26-24(30)27-22-15-29(20-8-4-3-5-9-20)28-23(22)18-11-13-19(25)14-12-18/h3-15H,1-2H3,(H2,26,27,30). The van der Waals surface area contributed by atoms with Crippen LogP contribution in [-0.4, -0.2) is 14.9 Å². The van der Waals surface area contributed by atoms with Gasteiger partial charge in [-0.3, -0.25) is 0 Å². The van der Waals surface area contributed by atoms with Gasteiger partial charge in [-0.1, -0.05) is 58.4 Å². The Morgan fingerprint density at radius 2 is 1.57 bits per heavy atom. The van der Waals surface area contributed by atoms with Crippen molar-refractivity contribution in [2.75, 3.05) is 10.6 Å². The fourth-order valence-corrected chi connectivity index (χ4v) is 3.65. The molecule has 4 aromatic rings. The van der Waals surface area contributed by atoms with Crippen LogP contribution in [0.5, 0.6) is 0 Å². The van der Waals surface area contributed by atoms with Gasteiger partial charge in [0.2, 0.25) is 0 Å². The number of anilines is 2. The molecule has 0 unspecified atom stereocenters. The number of benzene rings is 3. The van der Waals surface area contributed by atoms with Crippen LogP contribution in [0.15, 0.2) is 83.5 Å². The van der Waals surface area contributed by atoms with Gasteiger partial charge in [-0.25, -0.2) is 4.68 Å². The fraction of sp³-hybridized carbons (Fsp3) is 0.0833. The zero-order valence-electron chi connectivity index (χ0n) is 16.7. The lowest BCUT2D eigenvalue weighted by Crippen LogP contribution is -2.20. The molecule has 0 aliphatic rings. The molecule has 4 nitrogen and oxygen atoms in total. The first kappa shape index (κ1) is 20.3. The lowest BCUT2D eigenvalue weighted by atomic mass is 10.1. The van der Waals surface area contributed by atoms with Crippen LogP contribution in [0.4, 0.5) is 11.4 Å². The second-order valence-corrected chi connectivity index (χ2v) is 8.33. The summed E-state index contributed by atoms with van der Waals surface area (Å²) < 4.78 is 2.88. The zero-order chi connectivity index (χ0) is 21.1. The second-order valence-electron chi connectivity index (χ2n) is 7.00. The number of aromatic nitrogens is 2. The van der Waals surface area contributed by atoms with Crippen LogP contribution in [0.25, 0.3) is 16.9 Å². The SMILES string of the molecule is Cc1cccc(NC(=S)Nc2cn(-c3ccccc3)nc2-c2ccc(Br)cc2)c1C. The molecule has 6 heteroatoms. The van der Waals surface area contributed by atoms with Crippen molar-refractivity contribution < 1.29 is 0 Å². The largest absolute Gasteiger partial charge is 0.332 e. The molecule has 0 bridgehead atoms. The molecule has 0 saturated carbocycles. The minimum Gasteiger partial charge on any atom is -0.332 e. The van der Waals surface area contributed by atoms with E-state index in [1.807, 2.05) is 77.6 Å². The topological polar surface area (TPSA) is 41.9 Å². The van der Waals surface area contributed by atoms with Gasteiger partial charge in [0, 0.05) is 15.7 Å². The summed E-state index contributed by atoms with van der Waals surface area (Å²) in [6.45, 7) is 4.17. The molecule has 0 amide bonds. The smallest absolute Gasteiger partial charge is 0.175 e. The van der Waals surface area contributed by atoms with Gasteiger partial charge in [-0.15, -0.1) is 0 Å². The van der Waals surface area contributed by atoms with Gasteiger partial charge >= 0.3 is 0 Å². The Kier molecular flexibility index (Phi) is 5.97. The number of nitrogens with one attached hydrogen (secondary N) is 2. The van der Waals surface area contributed by atoms with Crippen molar-refractivity contribution in [2.45, 2.75) is 13.8 Å². The number of aryl methyl sites for hydroxylation is 1. The molecule has 0 atom stereocenters. The minimum absolute atomic E-state index is 0.523. The first-order valence-corrected chi connectivity index (χ1v) is 10.8. The Morgan fingerprint density at radius 1 is 0.867 bits per heavy atom. The van der Waals surface area contributed by atoms with E-state index in [0.717, 1.165) is 32.8 Å². The van der Waals surface area contributed by atoms with Crippen molar-refractivity contribution in [2.24, 2.45) is 0 Å². The first-order valence-electron chi connectivity index (χ1n) is 9.56. The molecule has 4 rings (SSSR count). The van der Waals surface area contributed by atoms with E-state index in [1.165, 1.54) is 11.1 Å². The van der Waals surface area contributed by atoms with Gasteiger partial charge in [0.15, 0.2) is 5.11 Å². The van der Waals surface area contributed by atoms with Gasteiger partial charge in [0.05, 0.1) is 17.6 Å². The molecule has 0 saturated heterocycles. The summed E-state index contributed by atoms with van der Waals surface area (Å²) in [6, 6.07) is 24.3. The summed E-state index contributed by atoms with van der Waals surface area (Å²) in [5, 5.41) is 12.0. The van der Waals surface area contributed by atoms with E-state index < -0.39 is 0 Å². The summed E-state index contributed by atoms with van der Waals surface area (Å²) >= 11 is 9.11. The van der Waals surface area contributed by atoms with E-state index in [9.17, 15) is 0 Å². The number of para-hydroxylation sites is 1. The molecule has 0 fully saturated rings. The third-order valence-electron chi connectivity index (χ3n) is 4.95. The minimum atomic E-state index is 0.523. The highest BCUT2D eigenvalue weighted by molar-refractivity contribution is 9.10. The van der Waals surface area contributed by atoms with Crippen LogP contribution in [0.3, 0.4) is 0 Å². The molecular formula is C24H21BrN4S. The summed E-state index contributed by atoms with van der Waals surface area (Å²) in [5.41, 5.74) is 7.04. The van der Waals surface area contributed by atoms with Crippen molar-refractivity contribution in [1.29, 1.82) is 0 Å². The Morgan fingerprint density at radius 3 is 2.30 bits per heavy atom. The van der Waals surface area contributed by atoms with Crippen LogP contribution in [0.2, 0.25) is 0 Å². The quantitative estimate of drug-likeness (QED) is 0.320. The van der Waals surface area contributed by atoms with Crippen LogP contribution in [-0.2, 0) is 0 Å². The van der Waals surface area contributed by atoms with Crippen molar-refractivity contribution in [3.05, 3.63) is 94.6 Å². The number of nitrogens with zero attached hydrogens (tertiary/aromatic N) is 2. The third kappa shape index (κ3) is 4.45. The maximum absolute atomic E-state index is 5.61.